The summed E-state index contributed by atoms with van der Waals surface area (Å²) in [6.45, 7) is 2.78. The van der Waals surface area contributed by atoms with Crippen molar-refractivity contribution in [2.24, 2.45) is 5.92 Å². The third-order valence-corrected chi connectivity index (χ3v) is 5.61. The minimum atomic E-state index is 0.160. The molecule has 1 aromatic rings. The third kappa shape index (κ3) is 4.37. The van der Waals surface area contributed by atoms with E-state index >= 15 is 0 Å². The lowest BCUT2D eigenvalue weighted by atomic mass is 10.0. The van der Waals surface area contributed by atoms with Gasteiger partial charge in [-0.1, -0.05) is 43.5 Å². The lowest BCUT2D eigenvalue weighted by Crippen LogP contribution is -2.31. The van der Waals surface area contributed by atoms with Crippen LogP contribution in [0, 0.1) is 5.92 Å². The third-order valence-electron chi connectivity index (χ3n) is 4.77. The number of amides is 1. The molecule has 0 aromatic carbocycles. The van der Waals surface area contributed by atoms with Gasteiger partial charge in [0.15, 0.2) is 0 Å². The standard InChI is InChI=1S/C17H26N4OS/c1-2-21(14-9-5-6-10-14)16(22)12-23-17-18-15(19-20-17)11-13-7-3-4-8-13/h9,13H,2-8,10-12H2,1H3,(H,18,19,20). The Bertz CT molecular complexity index is 563. The number of H-pyrrole nitrogens is 1. The second kappa shape index (κ2) is 7.99. The summed E-state index contributed by atoms with van der Waals surface area (Å²) >= 11 is 1.44. The topological polar surface area (TPSA) is 61.9 Å². The van der Waals surface area contributed by atoms with Gasteiger partial charge < -0.3 is 4.90 Å². The Morgan fingerprint density at radius 3 is 2.91 bits per heavy atom. The van der Waals surface area contributed by atoms with E-state index in [9.17, 15) is 4.79 Å². The highest BCUT2D eigenvalue weighted by molar-refractivity contribution is 7.99. The summed E-state index contributed by atoms with van der Waals surface area (Å²) in [4.78, 5) is 18.9. The zero-order chi connectivity index (χ0) is 16.1. The Labute approximate surface area is 142 Å². The molecule has 0 saturated heterocycles. The zero-order valence-electron chi connectivity index (χ0n) is 13.9. The number of nitrogens with one attached hydrogen (secondary N) is 1. The van der Waals surface area contributed by atoms with Gasteiger partial charge in [0, 0.05) is 18.7 Å². The number of hydrogen-bond acceptors (Lipinski definition) is 4. The lowest BCUT2D eigenvalue weighted by molar-refractivity contribution is -0.126. The van der Waals surface area contributed by atoms with Crippen molar-refractivity contribution in [2.45, 2.75) is 63.4 Å². The molecule has 0 radical (unpaired) electrons. The number of rotatable bonds is 7. The van der Waals surface area contributed by atoms with Crippen molar-refractivity contribution < 1.29 is 4.79 Å². The molecule has 0 aliphatic heterocycles. The van der Waals surface area contributed by atoms with Crippen LogP contribution in [0.25, 0.3) is 0 Å². The number of nitrogens with zero attached hydrogens (tertiary/aromatic N) is 3. The summed E-state index contributed by atoms with van der Waals surface area (Å²) in [5.41, 5.74) is 1.19. The second-order valence-electron chi connectivity index (χ2n) is 6.43. The maximum Gasteiger partial charge on any atom is 0.237 e. The van der Waals surface area contributed by atoms with Gasteiger partial charge in [-0.2, -0.15) is 0 Å². The molecule has 1 amide bonds. The Balaban J connectivity index is 1.49. The molecule has 1 N–H and O–H groups in total. The monoisotopic (exact) mass is 334 g/mol. The van der Waals surface area contributed by atoms with Crippen LogP contribution in [0.1, 0.15) is 57.7 Å². The Hall–Kier alpha value is -1.30. The van der Waals surface area contributed by atoms with E-state index in [1.54, 1.807) is 0 Å². The van der Waals surface area contributed by atoms with Crippen LogP contribution in [0.4, 0.5) is 0 Å². The Morgan fingerprint density at radius 2 is 2.22 bits per heavy atom. The first kappa shape index (κ1) is 16.6. The molecule has 5 nitrogen and oxygen atoms in total. The first-order valence-electron chi connectivity index (χ1n) is 8.79. The van der Waals surface area contributed by atoms with Gasteiger partial charge in [-0.15, -0.1) is 5.10 Å². The number of thioether (sulfide) groups is 1. The van der Waals surface area contributed by atoms with Gasteiger partial charge in [-0.3, -0.25) is 9.89 Å². The minimum Gasteiger partial charge on any atom is -0.316 e. The Kier molecular flexibility index (Phi) is 5.75. The van der Waals surface area contributed by atoms with E-state index in [0.29, 0.717) is 10.9 Å². The molecule has 1 saturated carbocycles. The summed E-state index contributed by atoms with van der Waals surface area (Å²) in [5.74, 6) is 2.30. The number of carbonyl (C=O) groups excluding carboxylic acids is 1. The maximum atomic E-state index is 12.4. The summed E-state index contributed by atoms with van der Waals surface area (Å²) in [6, 6.07) is 0. The average Bonchev–Trinajstić information content (AvgIpc) is 3.29. The highest BCUT2D eigenvalue weighted by Gasteiger charge is 2.20. The number of aromatic nitrogens is 3. The van der Waals surface area contributed by atoms with Gasteiger partial charge in [-0.25, -0.2) is 4.98 Å². The number of aromatic amines is 1. The lowest BCUT2D eigenvalue weighted by Gasteiger charge is -2.21. The van der Waals surface area contributed by atoms with Gasteiger partial charge in [0.05, 0.1) is 5.75 Å². The van der Waals surface area contributed by atoms with Crippen LogP contribution in [0.15, 0.2) is 16.9 Å². The first-order chi connectivity index (χ1) is 11.3. The van der Waals surface area contributed by atoms with Crippen molar-refractivity contribution in [2.75, 3.05) is 12.3 Å². The van der Waals surface area contributed by atoms with Crippen molar-refractivity contribution in [3.05, 3.63) is 17.6 Å². The molecule has 2 aliphatic carbocycles. The number of allylic oxidation sites excluding steroid dienone is 2. The molecule has 23 heavy (non-hydrogen) atoms. The quantitative estimate of drug-likeness (QED) is 0.775. The predicted octanol–water partition coefficient (Wildman–Crippen LogP) is 3.55. The molecule has 0 spiro atoms. The highest BCUT2D eigenvalue weighted by atomic mass is 32.2. The van der Waals surface area contributed by atoms with E-state index in [0.717, 1.165) is 44.0 Å². The second-order valence-corrected chi connectivity index (χ2v) is 7.38. The molecule has 0 bridgehead atoms. The first-order valence-corrected chi connectivity index (χ1v) is 9.78. The normalized spacial score (nSPS) is 18.4. The van der Waals surface area contributed by atoms with Gasteiger partial charge in [0.1, 0.15) is 5.82 Å². The average molecular weight is 334 g/mol. The van der Waals surface area contributed by atoms with Gasteiger partial charge in [0.25, 0.3) is 0 Å². The van der Waals surface area contributed by atoms with Crippen LogP contribution in [0.5, 0.6) is 0 Å². The van der Waals surface area contributed by atoms with E-state index in [2.05, 4.69) is 21.3 Å². The molecular formula is C17H26N4OS. The highest BCUT2D eigenvalue weighted by Crippen LogP contribution is 2.27. The maximum absolute atomic E-state index is 12.4. The molecule has 2 aliphatic rings. The van der Waals surface area contributed by atoms with Crippen LogP contribution in [0.2, 0.25) is 0 Å². The smallest absolute Gasteiger partial charge is 0.237 e. The molecule has 6 heteroatoms. The molecule has 1 fully saturated rings. The van der Waals surface area contributed by atoms with Crippen molar-refractivity contribution in [3.63, 3.8) is 0 Å². The van der Waals surface area contributed by atoms with Gasteiger partial charge >= 0.3 is 0 Å². The summed E-state index contributed by atoms with van der Waals surface area (Å²) in [5, 5.41) is 7.99. The van der Waals surface area contributed by atoms with Crippen molar-refractivity contribution >= 4 is 17.7 Å². The SMILES string of the molecule is CCN(C(=O)CSc1n[nH]c(CC2CCCC2)n1)C1=CCCC1. The summed E-state index contributed by atoms with van der Waals surface area (Å²) in [7, 11) is 0. The van der Waals surface area contributed by atoms with Crippen molar-refractivity contribution in [1.29, 1.82) is 0 Å². The molecule has 3 rings (SSSR count). The van der Waals surface area contributed by atoms with E-state index in [4.69, 9.17) is 0 Å². The van der Waals surface area contributed by atoms with Crippen LogP contribution < -0.4 is 0 Å². The van der Waals surface area contributed by atoms with E-state index in [1.165, 1.54) is 43.1 Å². The fraction of sp³-hybridized carbons (Fsp3) is 0.706. The Morgan fingerprint density at radius 1 is 1.39 bits per heavy atom. The molecule has 0 atom stereocenters. The van der Waals surface area contributed by atoms with Crippen LogP contribution in [-0.2, 0) is 11.2 Å². The molecule has 0 unspecified atom stereocenters. The van der Waals surface area contributed by atoms with E-state index in [-0.39, 0.29) is 5.91 Å². The number of hydrogen-bond donors (Lipinski definition) is 1. The van der Waals surface area contributed by atoms with E-state index in [1.807, 2.05) is 11.8 Å². The molecule has 1 heterocycles. The summed E-state index contributed by atoms with van der Waals surface area (Å²) < 4.78 is 0. The molecular weight excluding hydrogens is 308 g/mol. The zero-order valence-corrected chi connectivity index (χ0v) is 14.7. The van der Waals surface area contributed by atoms with Crippen LogP contribution in [-0.4, -0.2) is 38.3 Å². The van der Waals surface area contributed by atoms with Gasteiger partial charge in [-0.05, 0) is 32.1 Å². The van der Waals surface area contributed by atoms with Crippen LogP contribution in [0.3, 0.4) is 0 Å². The van der Waals surface area contributed by atoms with Crippen molar-refractivity contribution in [1.82, 2.24) is 20.1 Å². The molecule has 1 aromatic heterocycles. The fourth-order valence-corrected chi connectivity index (χ4v) is 4.26. The fourth-order valence-electron chi connectivity index (χ4n) is 3.56. The van der Waals surface area contributed by atoms with Crippen molar-refractivity contribution in [3.8, 4) is 0 Å². The predicted molar refractivity (Wildman–Crippen MR) is 92.1 cm³/mol. The van der Waals surface area contributed by atoms with E-state index < -0.39 is 0 Å². The minimum absolute atomic E-state index is 0.160. The number of carbonyl (C=O) groups is 1. The van der Waals surface area contributed by atoms with Gasteiger partial charge in [0.2, 0.25) is 11.1 Å². The van der Waals surface area contributed by atoms with Crippen LogP contribution >= 0.6 is 11.8 Å². The molecule has 126 valence electrons. The summed E-state index contributed by atoms with van der Waals surface area (Å²) in [6.07, 6.45) is 11.8. The largest absolute Gasteiger partial charge is 0.316 e.